The molecule has 20 heavy (non-hydrogen) atoms. The number of rotatable bonds is 4. The maximum absolute atomic E-state index is 8.68. The van der Waals surface area contributed by atoms with Crippen LogP contribution >= 0.6 is 0 Å². The molecule has 0 fully saturated rings. The molecule has 5 heteroatoms. The standard InChI is InChI=1S/C15H18N4O/c1-11-4-3-5-13(8-11)19(2)10-12-6-7-17-14(9-12)15(16)18-20/h3-9,20H,10H2,1-2H3,(H2,16,18). The Kier molecular flexibility index (Phi) is 4.20. The van der Waals surface area contributed by atoms with Gasteiger partial charge >= 0.3 is 0 Å². The van der Waals surface area contributed by atoms with Crippen LogP contribution in [0.1, 0.15) is 16.8 Å². The van der Waals surface area contributed by atoms with E-state index in [0.29, 0.717) is 5.69 Å². The van der Waals surface area contributed by atoms with Crippen LogP contribution in [0.25, 0.3) is 0 Å². The first-order valence-corrected chi connectivity index (χ1v) is 6.31. The molecule has 0 aliphatic heterocycles. The predicted molar refractivity (Wildman–Crippen MR) is 80.0 cm³/mol. The number of oxime groups is 1. The minimum atomic E-state index is 0.0186. The molecule has 3 N–H and O–H groups in total. The first-order valence-electron chi connectivity index (χ1n) is 6.31. The fraction of sp³-hybridized carbons (Fsp3) is 0.200. The molecular weight excluding hydrogens is 252 g/mol. The zero-order chi connectivity index (χ0) is 14.5. The summed E-state index contributed by atoms with van der Waals surface area (Å²) in [7, 11) is 2.03. The third-order valence-corrected chi connectivity index (χ3v) is 3.06. The Morgan fingerprint density at radius 1 is 1.35 bits per heavy atom. The van der Waals surface area contributed by atoms with Crippen LogP contribution in [0.5, 0.6) is 0 Å². The van der Waals surface area contributed by atoms with Crippen LogP contribution in [0.4, 0.5) is 5.69 Å². The summed E-state index contributed by atoms with van der Waals surface area (Å²) in [5, 5.41) is 11.6. The van der Waals surface area contributed by atoms with Crippen molar-refractivity contribution in [3.05, 3.63) is 59.4 Å². The van der Waals surface area contributed by atoms with Gasteiger partial charge in [-0.15, -0.1) is 0 Å². The van der Waals surface area contributed by atoms with Crippen molar-refractivity contribution in [1.29, 1.82) is 0 Å². The number of nitrogens with two attached hydrogens (primary N) is 1. The summed E-state index contributed by atoms with van der Waals surface area (Å²) < 4.78 is 0. The largest absolute Gasteiger partial charge is 0.409 e. The number of aryl methyl sites for hydroxylation is 1. The minimum Gasteiger partial charge on any atom is -0.409 e. The smallest absolute Gasteiger partial charge is 0.188 e. The summed E-state index contributed by atoms with van der Waals surface area (Å²) in [5.41, 5.74) is 9.44. The van der Waals surface area contributed by atoms with E-state index in [0.717, 1.165) is 17.8 Å². The molecule has 104 valence electrons. The Morgan fingerprint density at radius 2 is 2.15 bits per heavy atom. The number of hydrogen-bond acceptors (Lipinski definition) is 4. The van der Waals surface area contributed by atoms with Gasteiger partial charge in [0.1, 0.15) is 5.69 Å². The van der Waals surface area contributed by atoms with Crippen LogP contribution in [-0.4, -0.2) is 23.1 Å². The van der Waals surface area contributed by atoms with Gasteiger partial charge in [-0.1, -0.05) is 17.3 Å². The van der Waals surface area contributed by atoms with Crippen molar-refractivity contribution in [3.63, 3.8) is 0 Å². The molecule has 5 nitrogen and oxygen atoms in total. The molecule has 0 aliphatic rings. The van der Waals surface area contributed by atoms with E-state index in [1.165, 1.54) is 5.56 Å². The highest BCUT2D eigenvalue weighted by Crippen LogP contribution is 2.17. The maximum atomic E-state index is 8.68. The van der Waals surface area contributed by atoms with Crippen LogP contribution in [0, 0.1) is 6.92 Å². The Bertz CT molecular complexity index is 625. The number of amidine groups is 1. The number of nitrogens with zero attached hydrogens (tertiary/aromatic N) is 3. The first kappa shape index (κ1) is 13.9. The summed E-state index contributed by atoms with van der Waals surface area (Å²) >= 11 is 0. The van der Waals surface area contributed by atoms with Gasteiger partial charge in [0, 0.05) is 25.5 Å². The molecule has 1 aromatic heterocycles. The van der Waals surface area contributed by atoms with Crippen LogP contribution < -0.4 is 10.6 Å². The van der Waals surface area contributed by atoms with Crippen molar-refractivity contribution < 1.29 is 5.21 Å². The van der Waals surface area contributed by atoms with E-state index in [4.69, 9.17) is 10.9 Å². The lowest BCUT2D eigenvalue weighted by atomic mass is 10.1. The molecule has 1 aromatic carbocycles. The maximum Gasteiger partial charge on any atom is 0.188 e. The van der Waals surface area contributed by atoms with Crippen molar-refractivity contribution in [3.8, 4) is 0 Å². The molecule has 0 spiro atoms. The number of pyridine rings is 1. The Labute approximate surface area is 118 Å². The van der Waals surface area contributed by atoms with Crippen molar-refractivity contribution in [2.45, 2.75) is 13.5 Å². The number of benzene rings is 1. The van der Waals surface area contributed by atoms with E-state index in [2.05, 4.69) is 40.2 Å². The lowest BCUT2D eigenvalue weighted by Crippen LogP contribution is -2.18. The summed E-state index contributed by atoms with van der Waals surface area (Å²) in [5.74, 6) is 0.0186. The van der Waals surface area contributed by atoms with Gasteiger partial charge in [0.05, 0.1) is 0 Å². The van der Waals surface area contributed by atoms with Gasteiger partial charge in [-0.05, 0) is 42.3 Å². The SMILES string of the molecule is Cc1cccc(N(C)Cc2ccnc(C(N)=NO)c2)c1. The molecule has 0 aliphatic carbocycles. The number of aromatic nitrogens is 1. The van der Waals surface area contributed by atoms with E-state index in [-0.39, 0.29) is 5.84 Å². The van der Waals surface area contributed by atoms with E-state index < -0.39 is 0 Å². The normalized spacial score (nSPS) is 11.4. The molecule has 0 saturated heterocycles. The molecule has 1 heterocycles. The van der Waals surface area contributed by atoms with Gasteiger partial charge in [0.2, 0.25) is 0 Å². The zero-order valence-corrected chi connectivity index (χ0v) is 11.6. The second-order valence-corrected chi connectivity index (χ2v) is 4.73. The van der Waals surface area contributed by atoms with E-state index in [9.17, 15) is 0 Å². The molecule has 2 aromatic rings. The molecule has 0 amide bonds. The minimum absolute atomic E-state index is 0.0186. The monoisotopic (exact) mass is 270 g/mol. The molecule has 0 bridgehead atoms. The third kappa shape index (κ3) is 3.26. The summed E-state index contributed by atoms with van der Waals surface area (Å²) in [6, 6.07) is 12.0. The zero-order valence-electron chi connectivity index (χ0n) is 11.6. The molecular formula is C15H18N4O. The lowest BCUT2D eigenvalue weighted by molar-refractivity contribution is 0.318. The van der Waals surface area contributed by atoms with Gasteiger partial charge < -0.3 is 15.8 Å². The Balaban J connectivity index is 2.17. The molecule has 0 radical (unpaired) electrons. The third-order valence-electron chi connectivity index (χ3n) is 3.06. The van der Waals surface area contributed by atoms with E-state index in [1.54, 1.807) is 6.20 Å². The highest BCUT2D eigenvalue weighted by molar-refractivity contribution is 5.95. The van der Waals surface area contributed by atoms with Gasteiger partial charge in [0.15, 0.2) is 5.84 Å². The second-order valence-electron chi connectivity index (χ2n) is 4.73. The van der Waals surface area contributed by atoms with Crippen molar-refractivity contribution >= 4 is 11.5 Å². The van der Waals surface area contributed by atoms with E-state index >= 15 is 0 Å². The van der Waals surface area contributed by atoms with Gasteiger partial charge in [0.25, 0.3) is 0 Å². The molecule has 0 atom stereocenters. The van der Waals surface area contributed by atoms with Gasteiger partial charge in [-0.3, -0.25) is 4.98 Å². The molecule has 0 saturated carbocycles. The van der Waals surface area contributed by atoms with Crippen LogP contribution in [0.2, 0.25) is 0 Å². The predicted octanol–water partition coefficient (Wildman–Crippen LogP) is 2.12. The van der Waals surface area contributed by atoms with E-state index in [1.807, 2.05) is 25.2 Å². The first-order chi connectivity index (χ1) is 9.60. The second kappa shape index (κ2) is 6.06. The highest BCUT2D eigenvalue weighted by Gasteiger charge is 2.06. The van der Waals surface area contributed by atoms with Gasteiger partial charge in [-0.2, -0.15) is 0 Å². The average molecular weight is 270 g/mol. The van der Waals surface area contributed by atoms with Crippen LogP contribution in [-0.2, 0) is 6.54 Å². The number of hydrogen-bond donors (Lipinski definition) is 2. The summed E-state index contributed by atoms with van der Waals surface area (Å²) in [6.07, 6.45) is 1.66. The van der Waals surface area contributed by atoms with Crippen molar-refractivity contribution in [1.82, 2.24) is 4.98 Å². The van der Waals surface area contributed by atoms with Crippen LogP contribution in [0.15, 0.2) is 47.8 Å². The van der Waals surface area contributed by atoms with Crippen molar-refractivity contribution in [2.75, 3.05) is 11.9 Å². The van der Waals surface area contributed by atoms with Crippen molar-refractivity contribution in [2.24, 2.45) is 10.9 Å². The number of anilines is 1. The molecule has 0 unspecified atom stereocenters. The summed E-state index contributed by atoms with van der Waals surface area (Å²) in [6.45, 7) is 2.79. The lowest BCUT2D eigenvalue weighted by Gasteiger charge is -2.20. The highest BCUT2D eigenvalue weighted by atomic mass is 16.4. The fourth-order valence-electron chi connectivity index (χ4n) is 1.99. The summed E-state index contributed by atoms with van der Waals surface area (Å²) in [4.78, 5) is 6.21. The molecule has 2 rings (SSSR count). The Morgan fingerprint density at radius 3 is 2.85 bits per heavy atom. The van der Waals surface area contributed by atoms with Crippen LogP contribution in [0.3, 0.4) is 0 Å². The average Bonchev–Trinajstić information content (AvgIpc) is 2.46. The quantitative estimate of drug-likeness (QED) is 0.386. The Hall–Kier alpha value is -2.56. The van der Waals surface area contributed by atoms with Gasteiger partial charge in [-0.25, -0.2) is 0 Å². The topological polar surface area (TPSA) is 74.7 Å². The fourth-order valence-corrected chi connectivity index (χ4v) is 1.99.